The standard InChI is InChI=1S/C5H12N2O2/c1-5(6,7-2)4(8)9-3/h7H,6H2,1-3H3. The Hall–Kier alpha value is -0.610. The molecule has 9 heavy (non-hydrogen) atoms. The van der Waals surface area contributed by atoms with E-state index < -0.39 is 11.6 Å². The molecule has 1 atom stereocenters. The van der Waals surface area contributed by atoms with Crippen molar-refractivity contribution in [1.29, 1.82) is 0 Å². The summed E-state index contributed by atoms with van der Waals surface area (Å²) in [6, 6.07) is 0. The lowest BCUT2D eigenvalue weighted by atomic mass is 10.2. The molecule has 4 heteroatoms. The molecule has 0 aromatic heterocycles. The Morgan fingerprint density at radius 3 is 2.33 bits per heavy atom. The van der Waals surface area contributed by atoms with Gasteiger partial charge in [-0.25, -0.2) is 4.79 Å². The van der Waals surface area contributed by atoms with Crippen molar-refractivity contribution in [2.24, 2.45) is 5.73 Å². The summed E-state index contributed by atoms with van der Waals surface area (Å²) in [6.45, 7) is 1.54. The summed E-state index contributed by atoms with van der Waals surface area (Å²) in [6.07, 6.45) is 0. The minimum atomic E-state index is -1.06. The quantitative estimate of drug-likeness (QED) is 0.376. The Labute approximate surface area is 54.4 Å². The monoisotopic (exact) mass is 132 g/mol. The van der Waals surface area contributed by atoms with Crippen molar-refractivity contribution in [3.05, 3.63) is 0 Å². The maximum absolute atomic E-state index is 10.7. The number of likely N-dealkylation sites (N-methyl/N-ethyl adjacent to an activating group) is 1. The number of methoxy groups -OCH3 is 1. The lowest BCUT2D eigenvalue weighted by molar-refractivity contribution is -0.147. The van der Waals surface area contributed by atoms with Gasteiger partial charge in [-0.2, -0.15) is 0 Å². The van der Waals surface area contributed by atoms with E-state index in [1.54, 1.807) is 14.0 Å². The van der Waals surface area contributed by atoms with E-state index in [0.29, 0.717) is 0 Å². The van der Waals surface area contributed by atoms with Crippen LogP contribution >= 0.6 is 0 Å². The average molecular weight is 132 g/mol. The molecule has 0 aliphatic rings. The second kappa shape index (κ2) is 2.80. The minimum Gasteiger partial charge on any atom is -0.467 e. The van der Waals surface area contributed by atoms with Crippen LogP contribution in [0, 0.1) is 0 Å². The molecule has 54 valence electrons. The first-order valence-electron chi connectivity index (χ1n) is 2.61. The zero-order valence-electron chi connectivity index (χ0n) is 5.89. The van der Waals surface area contributed by atoms with Crippen molar-refractivity contribution in [2.45, 2.75) is 12.6 Å². The molecule has 0 spiro atoms. The van der Waals surface area contributed by atoms with Crippen molar-refractivity contribution >= 4 is 5.97 Å². The highest BCUT2D eigenvalue weighted by molar-refractivity contribution is 5.79. The summed E-state index contributed by atoms with van der Waals surface area (Å²) in [5.41, 5.74) is 4.32. The Morgan fingerprint density at radius 2 is 2.22 bits per heavy atom. The molecule has 1 unspecified atom stereocenters. The number of esters is 1. The lowest BCUT2D eigenvalue weighted by Crippen LogP contribution is -2.56. The first kappa shape index (κ1) is 8.39. The second-order valence-electron chi connectivity index (χ2n) is 1.94. The zero-order valence-corrected chi connectivity index (χ0v) is 5.89. The predicted octanol–water partition coefficient (Wildman–Crippen LogP) is -0.946. The molecule has 0 fully saturated rings. The molecule has 0 rings (SSSR count). The van der Waals surface area contributed by atoms with E-state index >= 15 is 0 Å². The Morgan fingerprint density at radius 1 is 1.78 bits per heavy atom. The largest absolute Gasteiger partial charge is 0.467 e. The molecule has 0 aliphatic heterocycles. The van der Waals surface area contributed by atoms with Gasteiger partial charge in [0.2, 0.25) is 0 Å². The van der Waals surface area contributed by atoms with Crippen LogP contribution in [0.3, 0.4) is 0 Å². The summed E-state index contributed by atoms with van der Waals surface area (Å²) in [5, 5.41) is 2.60. The van der Waals surface area contributed by atoms with Crippen molar-refractivity contribution in [1.82, 2.24) is 5.32 Å². The van der Waals surface area contributed by atoms with Crippen molar-refractivity contribution < 1.29 is 9.53 Å². The van der Waals surface area contributed by atoms with Gasteiger partial charge in [-0.1, -0.05) is 0 Å². The fraction of sp³-hybridized carbons (Fsp3) is 0.800. The molecular weight excluding hydrogens is 120 g/mol. The van der Waals surface area contributed by atoms with Gasteiger partial charge in [0.1, 0.15) is 0 Å². The number of rotatable bonds is 2. The number of carbonyl (C=O) groups is 1. The molecule has 0 heterocycles. The number of nitrogens with two attached hydrogens (primary N) is 1. The van der Waals surface area contributed by atoms with Crippen molar-refractivity contribution in [3.63, 3.8) is 0 Å². The number of carbonyl (C=O) groups excluding carboxylic acids is 1. The van der Waals surface area contributed by atoms with Crippen LogP contribution in [0.25, 0.3) is 0 Å². The first-order valence-corrected chi connectivity index (χ1v) is 2.61. The first-order chi connectivity index (χ1) is 4.04. The van der Waals surface area contributed by atoms with Crippen LogP contribution in [0.15, 0.2) is 0 Å². The Bertz CT molecular complexity index is 112. The SMILES string of the molecule is CNC(C)(N)C(=O)OC. The van der Waals surface area contributed by atoms with Crippen LogP contribution in [0.4, 0.5) is 0 Å². The molecule has 0 amide bonds. The number of ether oxygens (including phenoxy) is 1. The predicted molar refractivity (Wildman–Crippen MR) is 33.7 cm³/mol. The topological polar surface area (TPSA) is 64.3 Å². The van der Waals surface area contributed by atoms with Gasteiger partial charge in [-0.05, 0) is 14.0 Å². The van der Waals surface area contributed by atoms with Gasteiger partial charge in [0, 0.05) is 0 Å². The third-order valence-electron chi connectivity index (χ3n) is 1.13. The fourth-order valence-electron chi connectivity index (χ4n) is 0.314. The molecule has 3 N–H and O–H groups in total. The van der Waals surface area contributed by atoms with E-state index in [9.17, 15) is 4.79 Å². The summed E-state index contributed by atoms with van der Waals surface area (Å²) < 4.78 is 4.38. The van der Waals surface area contributed by atoms with Gasteiger partial charge in [-0.3, -0.25) is 5.32 Å². The number of hydrogen-bond donors (Lipinski definition) is 2. The van der Waals surface area contributed by atoms with Gasteiger partial charge in [0.25, 0.3) is 0 Å². The number of nitrogens with one attached hydrogen (secondary N) is 1. The van der Waals surface area contributed by atoms with E-state index in [-0.39, 0.29) is 0 Å². The smallest absolute Gasteiger partial charge is 0.340 e. The summed E-state index contributed by atoms with van der Waals surface area (Å²) >= 11 is 0. The van der Waals surface area contributed by atoms with Crippen LogP contribution < -0.4 is 11.1 Å². The van der Waals surface area contributed by atoms with Gasteiger partial charge in [0.15, 0.2) is 5.66 Å². The maximum atomic E-state index is 10.7. The van der Waals surface area contributed by atoms with Gasteiger partial charge in [0.05, 0.1) is 7.11 Å². The van der Waals surface area contributed by atoms with E-state index in [1.165, 1.54) is 7.11 Å². The molecule has 0 saturated heterocycles. The maximum Gasteiger partial charge on any atom is 0.340 e. The second-order valence-corrected chi connectivity index (χ2v) is 1.94. The van der Waals surface area contributed by atoms with Crippen molar-refractivity contribution in [3.8, 4) is 0 Å². The van der Waals surface area contributed by atoms with Crippen LogP contribution in [0.1, 0.15) is 6.92 Å². The van der Waals surface area contributed by atoms with E-state index in [4.69, 9.17) is 5.73 Å². The third kappa shape index (κ3) is 1.99. The molecule has 0 aromatic rings. The minimum absolute atomic E-state index is 0.468. The highest BCUT2D eigenvalue weighted by Crippen LogP contribution is 1.93. The van der Waals surface area contributed by atoms with Gasteiger partial charge < -0.3 is 10.5 Å². The van der Waals surface area contributed by atoms with Crippen LogP contribution in [-0.2, 0) is 9.53 Å². The lowest BCUT2D eigenvalue weighted by Gasteiger charge is -2.19. The third-order valence-corrected chi connectivity index (χ3v) is 1.13. The summed E-state index contributed by atoms with van der Waals surface area (Å²) in [4.78, 5) is 10.7. The molecule has 0 aliphatic carbocycles. The van der Waals surface area contributed by atoms with E-state index in [0.717, 1.165) is 0 Å². The van der Waals surface area contributed by atoms with Crippen LogP contribution in [0.2, 0.25) is 0 Å². The fourth-order valence-corrected chi connectivity index (χ4v) is 0.314. The summed E-state index contributed by atoms with van der Waals surface area (Å²) in [7, 11) is 2.89. The molecular formula is C5H12N2O2. The average Bonchev–Trinajstić information content (AvgIpc) is 1.86. The molecule has 0 saturated carbocycles. The number of hydrogen-bond acceptors (Lipinski definition) is 4. The highest BCUT2D eigenvalue weighted by atomic mass is 16.5. The van der Waals surface area contributed by atoms with Crippen LogP contribution in [-0.4, -0.2) is 25.8 Å². The molecule has 0 aromatic carbocycles. The molecule has 0 radical (unpaired) electrons. The van der Waals surface area contributed by atoms with Crippen molar-refractivity contribution in [2.75, 3.05) is 14.2 Å². The Balaban J connectivity index is 3.97. The Kier molecular flexibility index (Phi) is 2.61. The van der Waals surface area contributed by atoms with Gasteiger partial charge in [-0.15, -0.1) is 0 Å². The summed E-state index contributed by atoms with van der Waals surface area (Å²) in [5.74, 6) is -0.468. The van der Waals surface area contributed by atoms with E-state index in [1.807, 2.05) is 0 Å². The zero-order chi connectivity index (χ0) is 7.49. The molecule has 0 bridgehead atoms. The van der Waals surface area contributed by atoms with Gasteiger partial charge >= 0.3 is 5.97 Å². The highest BCUT2D eigenvalue weighted by Gasteiger charge is 2.26. The normalized spacial score (nSPS) is 16.4. The molecule has 4 nitrogen and oxygen atoms in total. The van der Waals surface area contributed by atoms with Crippen LogP contribution in [0.5, 0.6) is 0 Å². The van der Waals surface area contributed by atoms with E-state index in [2.05, 4.69) is 10.1 Å².